The van der Waals surface area contributed by atoms with Gasteiger partial charge in [0.15, 0.2) is 6.10 Å². The van der Waals surface area contributed by atoms with E-state index in [-0.39, 0.29) is 5.78 Å². The number of likely N-dealkylation sites (N-methyl/N-ethyl adjacent to an activating group) is 1. The molecule has 4 nitrogen and oxygen atoms in total. The number of ether oxygens (including phenoxy) is 2. The van der Waals surface area contributed by atoms with Gasteiger partial charge < -0.3 is 14.4 Å². The molecule has 0 aliphatic rings. The third-order valence-corrected chi connectivity index (χ3v) is 3.46. The predicted molar refractivity (Wildman–Crippen MR) is 96.0 cm³/mol. The van der Waals surface area contributed by atoms with Gasteiger partial charge in [-0.15, -0.1) is 0 Å². The Bertz CT molecular complexity index is 623. The highest BCUT2D eigenvalue weighted by Crippen LogP contribution is 2.20. The van der Waals surface area contributed by atoms with Crippen molar-refractivity contribution in [3.8, 4) is 11.5 Å². The van der Waals surface area contributed by atoms with E-state index in [1.165, 1.54) is 0 Å². The third-order valence-electron chi connectivity index (χ3n) is 3.46. The van der Waals surface area contributed by atoms with Gasteiger partial charge in [0, 0.05) is 12.1 Å². The molecule has 0 saturated heterocycles. The molecule has 0 N–H and O–H groups in total. The van der Waals surface area contributed by atoms with Gasteiger partial charge in [-0.25, -0.2) is 0 Å². The molecule has 2 aromatic rings. The average Bonchev–Trinajstić information content (AvgIpc) is 2.60. The molecule has 0 bridgehead atoms. The van der Waals surface area contributed by atoms with Crippen molar-refractivity contribution in [2.24, 2.45) is 0 Å². The van der Waals surface area contributed by atoms with Crippen molar-refractivity contribution in [2.75, 3.05) is 27.2 Å². The molecular formula is C20H25NO3. The van der Waals surface area contributed by atoms with Crippen molar-refractivity contribution in [1.82, 2.24) is 4.90 Å². The zero-order chi connectivity index (χ0) is 17.4. The molecule has 2 aromatic carbocycles. The maximum absolute atomic E-state index is 12.7. The Morgan fingerprint density at radius 1 is 1.00 bits per heavy atom. The van der Waals surface area contributed by atoms with Crippen LogP contribution in [0.4, 0.5) is 0 Å². The molecule has 2 rings (SSSR count). The SMILES string of the molecule is CCCOc1ccc(OC(CN(C)C)C(=O)c2ccccc2)cc1. The number of hydrogen-bond acceptors (Lipinski definition) is 4. The van der Waals surface area contributed by atoms with Gasteiger partial charge in [0.25, 0.3) is 0 Å². The maximum atomic E-state index is 12.7. The smallest absolute Gasteiger partial charge is 0.204 e. The summed E-state index contributed by atoms with van der Waals surface area (Å²) in [6.45, 7) is 3.27. The fraction of sp³-hybridized carbons (Fsp3) is 0.350. The lowest BCUT2D eigenvalue weighted by Crippen LogP contribution is -2.37. The number of hydrogen-bond donors (Lipinski definition) is 0. The Labute approximate surface area is 144 Å². The van der Waals surface area contributed by atoms with Gasteiger partial charge in [0.1, 0.15) is 11.5 Å². The second kappa shape index (κ2) is 9.08. The molecule has 0 aliphatic heterocycles. The number of carbonyl (C=O) groups is 1. The first-order valence-corrected chi connectivity index (χ1v) is 8.23. The van der Waals surface area contributed by atoms with Crippen LogP contribution in [-0.4, -0.2) is 44.0 Å². The summed E-state index contributed by atoms with van der Waals surface area (Å²) in [5, 5.41) is 0. The van der Waals surface area contributed by atoms with Gasteiger partial charge in [-0.2, -0.15) is 0 Å². The molecule has 0 saturated carbocycles. The molecule has 0 aromatic heterocycles. The highest BCUT2D eigenvalue weighted by Gasteiger charge is 2.22. The van der Waals surface area contributed by atoms with Crippen molar-refractivity contribution in [3.63, 3.8) is 0 Å². The Balaban J connectivity index is 2.09. The fourth-order valence-corrected chi connectivity index (χ4v) is 2.29. The van der Waals surface area contributed by atoms with Crippen LogP contribution in [0, 0.1) is 0 Å². The molecular weight excluding hydrogens is 302 g/mol. The van der Waals surface area contributed by atoms with E-state index >= 15 is 0 Å². The van der Waals surface area contributed by atoms with E-state index in [2.05, 4.69) is 6.92 Å². The Morgan fingerprint density at radius 2 is 1.62 bits per heavy atom. The summed E-state index contributed by atoms with van der Waals surface area (Å²) in [5.74, 6) is 1.45. The minimum Gasteiger partial charge on any atom is -0.494 e. The van der Waals surface area contributed by atoms with E-state index in [9.17, 15) is 4.79 Å². The molecule has 4 heteroatoms. The lowest BCUT2D eigenvalue weighted by Gasteiger charge is -2.21. The van der Waals surface area contributed by atoms with Gasteiger partial charge in [-0.3, -0.25) is 4.79 Å². The standard InChI is InChI=1S/C20H25NO3/c1-4-14-23-17-10-12-18(13-11-17)24-19(15-21(2)3)20(22)16-8-6-5-7-9-16/h5-13,19H,4,14-15H2,1-3H3. The third kappa shape index (κ3) is 5.39. The summed E-state index contributed by atoms with van der Waals surface area (Å²) < 4.78 is 11.5. The Kier molecular flexibility index (Phi) is 6.82. The first-order chi connectivity index (χ1) is 11.6. The summed E-state index contributed by atoms with van der Waals surface area (Å²) in [7, 11) is 3.85. The molecule has 0 amide bonds. The predicted octanol–water partition coefficient (Wildman–Crippen LogP) is 3.67. The summed E-state index contributed by atoms with van der Waals surface area (Å²) in [6.07, 6.45) is 0.416. The van der Waals surface area contributed by atoms with Crippen LogP contribution in [0.2, 0.25) is 0 Å². The number of nitrogens with zero attached hydrogens (tertiary/aromatic N) is 1. The fourth-order valence-electron chi connectivity index (χ4n) is 2.29. The Morgan fingerprint density at radius 3 is 2.21 bits per heavy atom. The van der Waals surface area contributed by atoms with Gasteiger partial charge in [0.05, 0.1) is 6.61 Å². The summed E-state index contributed by atoms with van der Waals surface area (Å²) in [6, 6.07) is 16.7. The zero-order valence-electron chi connectivity index (χ0n) is 14.6. The Hall–Kier alpha value is -2.33. The summed E-state index contributed by atoms with van der Waals surface area (Å²) >= 11 is 0. The normalized spacial score (nSPS) is 12.0. The van der Waals surface area contributed by atoms with Crippen molar-refractivity contribution in [1.29, 1.82) is 0 Å². The molecule has 0 fully saturated rings. The van der Waals surface area contributed by atoms with Crippen LogP contribution in [0.3, 0.4) is 0 Å². The molecule has 24 heavy (non-hydrogen) atoms. The number of Topliss-reactive ketones (excluding diaryl/α,β-unsaturated/α-hetero) is 1. The minimum atomic E-state index is -0.551. The topological polar surface area (TPSA) is 38.8 Å². The quantitative estimate of drug-likeness (QED) is 0.659. The van der Waals surface area contributed by atoms with E-state index in [0.29, 0.717) is 24.5 Å². The van der Waals surface area contributed by atoms with Gasteiger partial charge in [0.2, 0.25) is 5.78 Å². The van der Waals surface area contributed by atoms with Crippen LogP contribution >= 0.6 is 0 Å². The van der Waals surface area contributed by atoms with Gasteiger partial charge in [-0.05, 0) is 44.8 Å². The first-order valence-electron chi connectivity index (χ1n) is 8.23. The monoisotopic (exact) mass is 327 g/mol. The lowest BCUT2D eigenvalue weighted by molar-refractivity contribution is 0.0743. The lowest BCUT2D eigenvalue weighted by atomic mass is 10.1. The van der Waals surface area contributed by atoms with Crippen LogP contribution in [0.1, 0.15) is 23.7 Å². The van der Waals surface area contributed by atoms with Gasteiger partial charge in [-0.1, -0.05) is 37.3 Å². The molecule has 0 heterocycles. The first kappa shape index (κ1) is 18.0. The molecule has 0 spiro atoms. The van der Waals surface area contributed by atoms with Crippen LogP contribution in [0.5, 0.6) is 11.5 Å². The number of ketones is 1. The molecule has 1 unspecified atom stereocenters. The van der Waals surface area contributed by atoms with E-state index < -0.39 is 6.10 Å². The molecule has 128 valence electrons. The van der Waals surface area contributed by atoms with E-state index in [1.807, 2.05) is 73.6 Å². The van der Waals surface area contributed by atoms with Crippen LogP contribution in [-0.2, 0) is 0 Å². The van der Waals surface area contributed by atoms with Crippen molar-refractivity contribution >= 4 is 5.78 Å². The second-order valence-electron chi connectivity index (χ2n) is 5.92. The number of carbonyl (C=O) groups excluding carboxylic acids is 1. The summed E-state index contributed by atoms with van der Waals surface area (Å²) in [4.78, 5) is 14.7. The largest absolute Gasteiger partial charge is 0.494 e. The molecule has 0 radical (unpaired) electrons. The second-order valence-corrected chi connectivity index (χ2v) is 5.92. The van der Waals surface area contributed by atoms with E-state index in [1.54, 1.807) is 0 Å². The van der Waals surface area contributed by atoms with Crippen LogP contribution < -0.4 is 9.47 Å². The summed E-state index contributed by atoms with van der Waals surface area (Å²) in [5.41, 5.74) is 0.659. The van der Waals surface area contributed by atoms with Crippen LogP contribution in [0.25, 0.3) is 0 Å². The molecule has 0 aliphatic carbocycles. The number of benzene rings is 2. The van der Waals surface area contributed by atoms with Crippen molar-refractivity contribution in [2.45, 2.75) is 19.4 Å². The van der Waals surface area contributed by atoms with Crippen molar-refractivity contribution < 1.29 is 14.3 Å². The van der Waals surface area contributed by atoms with Gasteiger partial charge >= 0.3 is 0 Å². The number of rotatable bonds is 9. The average molecular weight is 327 g/mol. The molecule has 1 atom stereocenters. The van der Waals surface area contributed by atoms with Crippen LogP contribution in [0.15, 0.2) is 54.6 Å². The maximum Gasteiger partial charge on any atom is 0.204 e. The minimum absolute atomic E-state index is 0.0180. The van der Waals surface area contributed by atoms with Crippen molar-refractivity contribution in [3.05, 3.63) is 60.2 Å². The highest BCUT2D eigenvalue weighted by molar-refractivity contribution is 5.99. The highest BCUT2D eigenvalue weighted by atomic mass is 16.5. The van der Waals surface area contributed by atoms with E-state index in [0.717, 1.165) is 12.2 Å². The van der Waals surface area contributed by atoms with E-state index in [4.69, 9.17) is 9.47 Å². The zero-order valence-corrected chi connectivity index (χ0v) is 14.6.